The van der Waals surface area contributed by atoms with Crippen LogP contribution >= 0.6 is 0 Å². The Kier molecular flexibility index (Phi) is 7.40. The van der Waals surface area contributed by atoms with E-state index in [1.54, 1.807) is 6.92 Å². The molecule has 0 spiro atoms. The molecule has 5 nitrogen and oxygen atoms in total. The number of nitroso groups, excluding NO2 is 1. The van der Waals surface area contributed by atoms with E-state index in [4.69, 9.17) is 0 Å². The van der Waals surface area contributed by atoms with E-state index in [1.807, 2.05) is 6.92 Å². The van der Waals surface area contributed by atoms with Crippen molar-refractivity contribution in [2.24, 2.45) is 5.18 Å². The summed E-state index contributed by atoms with van der Waals surface area (Å²) in [4.78, 5) is 32.8. The molecular formula is C10H17NO4. The van der Waals surface area contributed by atoms with Gasteiger partial charge in [-0.05, 0) is 18.5 Å². The number of carbonyl (C=O) groups excluding carboxylic acids is 2. The molecule has 0 bridgehead atoms. The van der Waals surface area contributed by atoms with Crippen molar-refractivity contribution in [3.8, 4) is 0 Å². The van der Waals surface area contributed by atoms with E-state index in [9.17, 15) is 14.5 Å². The molecule has 15 heavy (non-hydrogen) atoms. The Morgan fingerprint density at radius 2 is 1.93 bits per heavy atom. The van der Waals surface area contributed by atoms with Crippen LogP contribution in [0, 0.1) is 4.91 Å². The maximum atomic E-state index is 11.4. The van der Waals surface area contributed by atoms with Gasteiger partial charge in [0.2, 0.25) is 6.04 Å². The van der Waals surface area contributed by atoms with Gasteiger partial charge >= 0.3 is 5.97 Å². The van der Waals surface area contributed by atoms with Gasteiger partial charge in [-0.25, -0.2) is 4.79 Å². The largest absolute Gasteiger partial charge is 0.464 e. The molecule has 0 heterocycles. The lowest BCUT2D eigenvalue weighted by Gasteiger charge is -2.06. The Bertz CT molecular complexity index is 227. The number of rotatable bonds is 8. The second-order valence-electron chi connectivity index (χ2n) is 3.18. The van der Waals surface area contributed by atoms with E-state index < -0.39 is 17.8 Å². The predicted octanol–water partition coefficient (Wildman–Crippen LogP) is 1.83. The van der Waals surface area contributed by atoms with Gasteiger partial charge in [-0.15, -0.1) is 4.91 Å². The first-order valence-corrected chi connectivity index (χ1v) is 5.19. The monoisotopic (exact) mass is 215 g/mol. The molecule has 0 N–H and O–H groups in total. The van der Waals surface area contributed by atoms with Crippen LogP contribution in [0.25, 0.3) is 0 Å². The predicted molar refractivity (Wildman–Crippen MR) is 55.4 cm³/mol. The molecule has 5 heteroatoms. The van der Waals surface area contributed by atoms with Gasteiger partial charge in [0, 0.05) is 6.42 Å². The van der Waals surface area contributed by atoms with Crippen molar-refractivity contribution in [1.82, 2.24) is 0 Å². The topological polar surface area (TPSA) is 72.8 Å². The lowest BCUT2D eigenvalue weighted by atomic mass is 10.1. The van der Waals surface area contributed by atoms with Crippen LogP contribution in [-0.2, 0) is 14.3 Å². The number of carbonyl (C=O) groups is 2. The molecule has 0 saturated carbocycles. The minimum absolute atomic E-state index is 0.146. The zero-order valence-corrected chi connectivity index (χ0v) is 9.19. The van der Waals surface area contributed by atoms with Crippen molar-refractivity contribution in [1.29, 1.82) is 0 Å². The molecule has 0 saturated heterocycles. The summed E-state index contributed by atoms with van der Waals surface area (Å²) in [5.74, 6) is -1.29. The van der Waals surface area contributed by atoms with Crippen molar-refractivity contribution < 1.29 is 14.3 Å². The Morgan fingerprint density at radius 1 is 1.27 bits per heavy atom. The number of ether oxygens (including phenoxy) is 1. The van der Waals surface area contributed by atoms with Crippen LogP contribution in [0.15, 0.2) is 5.18 Å². The number of nitrogens with zero attached hydrogens (tertiary/aromatic N) is 1. The fourth-order valence-corrected chi connectivity index (χ4v) is 1.14. The van der Waals surface area contributed by atoms with Crippen LogP contribution in [0.3, 0.4) is 0 Å². The number of Topliss-reactive ketones (excluding diaryl/α,β-unsaturated/α-hetero) is 1. The molecule has 0 fully saturated rings. The van der Waals surface area contributed by atoms with Crippen LogP contribution < -0.4 is 0 Å². The average Bonchev–Trinajstić information content (AvgIpc) is 2.19. The SMILES string of the molecule is CCCCCC(=O)C(N=O)C(=O)OCC. The summed E-state index contributed by atoms with van der Waals surface area (Å²) >= 11 is 0. The van der Waals surface area contributed by atoms with Gasteiger partial charge in [0.25, 0.3) is 0 Å². The van der Waals surface area contributed by atoms with E-state index in [0.29, 0.717) is 6.42 Å². The maximum Gasteiger partial charge on any atom is 0.342 e. The standard InChI is InChI=1S/C10H17NO4/c1-3-5-6-7-8(12)9(11-14)10(13)15-4-2/h9H,3-7H2,1-2H3. The Labute approximate surface area is 89.2 Å². The lowest BCUT2D eigenvalue weighted by molar-refractivity contribution is -0.147. The van der Waals surface area contributed by atoms with Gasteiger partial charge in [0.1, 0.15) is 0 Å². The molecule has 0 aromatic rings. The Hall–Kier alpha value is -1.26. The van der Waals surface area contributed by atoms with E-state index in [0.717, 1.165) is 12.8 Å². The van der Waals surface area contributed by atoms with Crippen molar-refractivity contribution in [2.75, 3.05) is 6.61 Å². The summed E-state index contributed by atoms with van der Waals surface area (Å²) in [5, 5.41) is 2.51. The van der Waals surface area contributed by atoms with Gasteiger partial charge in [0.05, 0.1) is 6.61 Å². The third-order valence-electron chi connectivity index (χ3n) is 1.95. The fourth-order valence-electron chi connectivity index (χ4n) is 1.14. The highest BCUT2D eigenvalue weighted by atomic mass is 16.5. The second kappa shape index (κ2) is 8.08. The van der Waals surface area contributed by atoms with Gasteiger partial charge < -0.3 is 4.74 Å². The number of ketones is 1. The first-order valence-electron chi connectivity index (χ1n) is 5.19. The van der Waals surface area contributed by atoms with Crippen molar-refractivity contribution in [3.63, 3.8) is 0 Å². The molecule has 1 unspecified atom stereocenters. The molecule has 0 aromatic heterocycles. The lowest BCUT2D eigenvalue weighted by Crippen LogP contribution is -2.29. The minimum Gasteiger partial charge on any atom is -0.464 e. The third-order valence-corrected chi connectivity index (χ3v) is 1.95. The Balaban J connectivity index is 4.09. The smallest absolute Gasteiger partial charge is 0.342 e. The summed E-state index contributed by atoms with van der Waals surface area (Å²) in [6.07, 6.45) is 2.77. The number of hydrogen-bond acceptors (Lipinski definition) is 5. The quantitative estimate of drug-likeness (QED) is 0.268. The highest BCUT2D eigenvalue weighted by molar-refractivity contribution is 6.03. The van der Waals surface area contributed by atoms with E-state index in [-0.39, 0.29) is 13.0 Å². The van der Waals surface area contributed by atoms with E-state index >= 15 is 0 Å². The molecule has 0 radical (unpaired) electrons. The third kappa shape index (κ3) is 5.24. The molecule has 0 amide bonds. The molecule has 86 valence electrons. The molecule has 0 aromatic carbocycles. The van der Waals surface area contributed by atoms with Crippen LogP contribution in [-0.4, -0.2) is 24.4 Å². The Morgan fingerprint density at radius 3 is 2.40 bits per heavy atom. The zero-order valence-electron chi connectivity index (χ0n) is 9.19. The zero-order chi connectivity index (χ0) is 11.7. The van der Waals surface area contributed by atoms with Crippen molar-refractivity contribution in [2.45, 2.75) is 45.6 Å². The molecule has 0 aliphatic carbocycles. The van der Waals surface area contributed by atoms with E-state index in [2.05, 4.69) is 9.91 Å². The second-order valence-corrected chi connectivity index (χ2v) is 3.18. The number of esters is 1. The van der Waals surface area contributed by atoms with Gasteiger partial charge in [-0.2, -0.15) is 0 Å². The summed E-state index contributed by atoms with van der Waals surface area (Å²) in [6.45, 7) is 3.76. The summed E-state index contributed by atoms with van der Waals surface area (Å²) in [7, 11) is 0. The van der Waals surface area contributed by atoms with Gasteiger partial charge in [-0.3, -0.25) is 4.79 Å². The average molecular weight is 215 g/mol. The molecule has 0 aliphatic heterocycles. The van der Waals surface area contributed by atoms with Crippen molar-refractivity contribution in [3.05, 3.63) is 4.91 Å². The maximum absolute atomic E-state index is 11.4. The first-order chi connectivity index (χ1) is 7.17. The first kappa shape index (κ1) is 13.7. The normalized spacial score (nSPS) is 11.9. The minimum atomic E-state index is -1.47. The van der Waals surface area contributed by atoms with Gasteiger partial charge in [-0.1, -0.05) is 19.8 Å². The molecule has 0 rings (SSSR count). The van der Waals surface area contributed by atoms with Crippen LogP contribution in [0.2, 0.25) is 0 Å². The fraction of sp³-hybridized carbons (Fsp3) is 0.800. The van der Waals surface area contributed by atoms with Crippen LogP contribution in [0.4, 0.5) is 0 Å². The summed E-state index contributed by atoms with van der Waals surface area (Å²) in [5.41, 5.74) is 0. The summed E-state index contributed by atoms with van der Waals surface area (Å²) in [6, 6.07) is -1.47. The van der Waals surface area contributed by atoms with Crippen LogP contribution in [0.5, 0.6) is 0 Å². The van der Waals surface area contributed by atoms with Gasteiger partial charge in [0.15, 0.2) is 5.78 Å². The number of hydrogen-bond donors (Lipinski definition) is 0. The summed E-state index contributed by atoms with van der Waals surface area (Å²) < 4.78 is 4.57. The highest BCUT2D eigenvalue weighted by Gasteiger charge is 2.28. The number of unbranched alkanes of at least 4 members (excludes halogenated alkanes) is 2. The highest BCUT2D eigenvalue weighted by Crippen LogP contribution is 2.06. The molecular weight excluding hydrogens is 198 g/mol. The van der Waals surface area contributed by atoms with Crippen LogP contribution in [0.1, 0.15) is 39.5 Å². The van der Waals surface area contributed by atoms with E-state index in [1.165, 1.54) is 0 Å². The molecule has 1 atom stereocenters. The van der Waals surface area contributed by atoms with Crippen molar-refractivity contribution >= 4 is 11.8 Å². The molecule has 0 aliphatic rings.